The van der Waals surface area contributed by atoms with Gasteiger partial charge in [-0.3, -0.25) is 14.2 Å². The van der Waals surface area contributed by atoms with E-state index in [9.17, 15) is 13.6 Å². The number of hydrogen-bond donors (Lipinski definition) is 1. The molecule has 1 aromatic carbocycles. The van der Waals surface area contributed by atoms with E-state index >= 15 is 0 Å². The summed E-state index contributed by atoms with van der Waals surface area (Å²) in [6, 6.07) is 6.45. The van der Waals surface area contributed by atoms with E-state index in [1.807, 2.05) is 43.6 Å². The van der Waals surface area contributed by atoms with Crippen LogP contribution >= 0.6 is 0 Å². The zero-order valence-corrected chi connectivity index (χ0v) is 25.4. The van der Waals surface area contributed by atoms with Crippen molar-refractivity contribution in [1.82, 2.24) is 34.4 Å². The minimum atomic E-state index is -2.88. The third kappa shape index (κ3) is 3.92. The molecule has 0 radical (unpaired) electrons. The van der Waals surface area contributed by atoms with Gasteiger partial charge in [0.05, 0.1) is 35.8 Å². The molecule has 4 aromatic heterocycles. The number of aromatic amines is 1. The molecule has 2 spiro atoms. The summed E-state index contributed by atoms with van der Waals surface area (Å²) in [6.45, 7) is 1.57. The quantitative estimate of drug-likeness (QED) is 0.267. The van der Waals surface area contributed by atoms with Gasteiger partial charge < -0.3 is 14.6 Å². The van der Waals surface area contributed by atoms with Gasteiger partial charge in [0.15, 0.2) is 0 Å². The van der Waals surface area contributed by atoms with Gasteiger partial charge in [0.2, 0.25) is 5.91 Å². The van der Waals surface area contributed by atoms with Crippen LogP contribution in [0.3, 0.4) is 0 Å². The number of benzene rings is 1. The van der Waals surface area contributed by atoms with E-state index in [-0.39, 0.29) is 17.7 Å². The Labute approximate surface area is 258 Å². The fourth-order valence-electron chi connectivity index (χ4n) is 8.93. The highest BCUT2D eigenvalue weighted by Gasteiger charge is 2.61. The number of nitrogens with one attached hydrogen (secondary N) is 1. The van der Waals surface area contributed by atoms with Crippen LogP contribution in [0.25, 0.3) is 44.3 Å². The number of carbonyl (C=O) groups excluding carboxylic acids is 1. The summed E-state index contributed by atoms with van der Waals surface area (Å²) in [5, 5.41) is 11.1. The summed E-state index contributed by atoms with van der Waals surface area (Å²) in [6.07, 6.45) is 11.6. The van der Waals surface area contributed by atoms with Crippen LogP contribution in [0.4, 0.5) is 8.78 Å². The van der Waals surface area contributed by atoms with Crippen LogP contribution in [0.2, 0.25) is 0 Å². The average molecular weight is 612 g/mol. The van der Waals surface area contributed by atoms with Crippen LogP contribution in [0, 0.1) is 11.3 Å². The number of rotatable bonds is 3. The van der Waals surface area contributed by atoms with Gasteiger partial charge in [-0.05, 0) is 61.6 Å². The lowest BCUT2D eigenvalue weighted by Crippen LogP contribution is -2.56. The van der Waals surface area contributed by atoms with Crippen LogP contribution in [-0.4, -0.2) is 59.3 Å². The molecule has 5 aromatic rings. The van der Waals surface area contributed by atoms with Crippen LogP contribution < -0.4 is 0 Å². The number of hydrogen-bond acceptors (Lipinski definition) is 5. The van der Waals surface area contributed by atoms with E-state index in [4.69, 9.17) is 9.72 Å². The smallest absolute Gasteiger partial charge is 0.259 e. The molecule has 1 N–H and O–H groups in total. The molecule has 1 amide bonds. The number of nitrogens with zero attached hydrogens (tertiary/aromatic N) is 6. The van der Waals surface area contributed by atoms with Crippen LogP contribution in [0.5, 0.6) is 0 Å². The highest BCUT2D eigenvalue weighted by Crippen LogP contribution is 2.65. The van der Waals surface area contributed by atoms with Gasteiger partial charge in [0.25, 0.3) is 5.92 Å². The van der Waals surface area contributed by atoms with Crippen molar-refractivity contribution >= 4 is 27.8 Å². The Morgan fingerprint density at radius 1 is 1.04 bits per heavy atom. The largest absolute Gasteiger partial charge is 0.365 e. The molecule has 9 nitrogen and oxygen atoms in total. The van der Waals surface area contributed by atoms with E-state index in [0.29, 0.717) is 32.5 Å². The lowest BCUT2D eigenvalue weighted by atomic mass is 9.53. The van der Waals surface area contributed by atoms with Crippen LogP contribution in [0.15, 0.2) is 43.0 Å². The Kier molecular flexibility index (Phi) is 5.57. The number of ether oxygens (including phenoxy) is 1. The van der Waals surface area contributed by atoms with Gasteiger partial charge in [0.1, 0.15) is 11.6 Å². The van der Waals surface area contributed by atoms with E-state index in [1.54, 1.807) is 9.58 Å². The first-order valence-electron chi connectivity index (χ1n) is 15.9. The molecular weight excluding hydrogens is 576 g/mol. The molecule has 9 rings (SSSR count). The summed E-state index contributed by atoms with van der Waals surface area (Å²) in [7, 11) is 3.86. The molecule has 0 bridgehead atoms. The lowest BCUT2D eigenvalue weighted by molar-refractivity contribution is -0.186. The van der Waals surface area contributed by atoms with Crippen LogP contribution in [0.1, 0.15) is 56.1 Å². The number of alkyl halides is 2. The van der Waals surface area contributed by atoms with Gasteiger partial charge in [-0.2, -0.15) is 10.2 Å². The van der Waals surface area contributed by atoms with Crippen molar-refractivity contribution in [3.05, 3.63) is 54.1 Å². The third-order valence-electron chi connectivity index (χ3n) is 11.2. The van der Waals surface area contributed by atoms with Crippen molar-refractivity contribution in [1.29, 1.82) is 0 Å². The molecule has 3 fully saturated rings. The Balaban J connectivity index is 1.09. The molecule has 1 saturated heterocycles. The number of likely N-dealkylation sites (tertiary alicyclic amines) is 1. The number of piperidine rings is 1. The van der Waals surface area contributed by atoms with E-state index < -0.39 is 17.4 Å². The number of aromatic nitrogens is 6. The molecule has 45 heavy (non-hydrogen) atoms. The maximum absolute atomic E-state index is 14.4. The van der Waals surface area contributed by atoms with Crippen molar-refractivity contribution in [3.8, 4) is 22.4 Å². The lowest BCUT2D eigenvalue weighted by Gasteiger charge is -2.57. The highest BCUT2D eigenvalue weighted by atomic mass is 19.3. The predicted octanol–water partition coefficient (Wildman–Crippen LogP) is 6.08. The molecule has 0 unspecified atom stereocenters. The van der Waals surface area contributed by atoms with Crippen molar-refractivity contribution in [3.63, 3.8) is 0 Å². The molecule has 232 valence electrons. The second-order valence-corrected chi connectivity index (χ2v) is 13.9. The second kappa shape index (κ2) is 9.22. The first-order chi connectivity index (χ1) is 21.7. The van der Waals surface area contributed by atoms with Crippen molar-refractivity contribution in [2.24, 2.45) is 25.4 Å². The standard InChI is InChI=1S/C34H35F2N7O2/c1-41-16-22(15-38-41)29-26(20-5-6-25-21(12-20)14-39-42(25)2)27-28-23(13-37-30(27)40-29)17-45-33(28)18-32(19-33)8-10-43(11-9-32)31(44)24-4-3-7-34(24,35)36/h5-6,12-16,24H,3-4,7-11,17-19H2,1-2H3,(H,37,40)/t24-/m1/s1. The number of H-pyrrole nitrogens is 1. The van der Waals surface area contributed by atoms with Crippen molar-refractivity contribution < 1.29 is 18.3 Å². The third-order valence-corrected chi connectivity index (χ3v) is 11.2. The first-order valence-corrected chi connectivity index (χ1v) is 15.9. The number of aryl methyl sites for hydroxylation is 2. The van der Waals surface area contributed by atoms with E-state index in [1.165, 1.54) is 5.56 Å². The number of halogens is 2. The van der Waals surface area contributed by atoms with Gasteiger partial charge in [0, 0.05) is 79.0 Å². The Bertz CT molecular complexity index is 2010. The highest BCUT2D eigenvalue weighted by molar-refractivity contribution is 6.06. The van der Waals surface area contributed by atoms with Crippen LogP contribution in [-0.2, 0) is 35.8 Å². The van der Waals surface area contributed by atoms with Crippen molar-refractivity contribution in [2.45, 2.75) is 63.1 Å². The Morgan fingerprint density at radius 3 is 2.60 bits per heavy atom. The Morgan fingerprint density at radius 2 is 1.87 bits per heavy atom. The molecule has 2 aliphatic heterocycles. The monoisotopic (exact) mass is 611 g/mol. The average Bonchev–Trinajstić information content (AvgIpc) is 3.83. The fraction of sp³-hybridized carbons (Fsp3) is 0.471. The maximum Gasteiger partial charge on any atom is 0.259 e. The molecule has 4 aliphatic rings. The summed E-state index contributed by atoms with van der Waals surface area (Å²) < 4.78 is 39.1. The van der Waals surface area contributed by atoms with Gasteiger partial charge in [-0.15, -0.1) is 0 Å². The molecule has 2 saturated carbocycles. The molecule has 11 heteroatoms. The minimum absolute atomic E-state index is 0.0312. The zero-order valence-electron chi connectivity index (χ0n) is 25.4. The zero-order chi connectivity index (χ0) is 30.7. The number of fused-ring (bicyclic) bond motifs is 5. The number of amides is 1. The summed E-state index contributed by atoms with van der Waals surface area (Å²) in [4.78, 5) is 23.3. The normalized spacial score (nSPS) is 22.9. The van der Waals surface area contributed by atoms with E-state index in [0.717, 1.165) is 75.6 Å². The number of carbonyl (C=O) groups is 1. The summed E-state index contributed by atoms with van der Waals surface area (Å²) in [5.74, 6) is -4.39. The fourth-order valence-corrected chi connectivity index (χ4v) is 8.93. The first kappa shape index (κ1) is 27.2. The van der Waals surface area contributed by atoms with Gasteiger partial charge >= 0.3 is 0 Å². The number of pyridine rings is 1. The predicted molar refractivity (Wildman–Crippen MR) is 164 cm³/mol. The minimum Gasteiger partial charge on any atom is -0.365 e. The maximum atomic E-state index is 14.4. The SMILES string of the molecule is Cn1cc(-c2[nH]c3ncc4c(c3c2-c2ccc3c(cnn3C)c2)C2(CC3(CCN(C(=O)[C@H]5CCCC5(F)F)CC3)C2)OC4)cn1. The summed E-state index contributed by atoms with van der Waals surface area (Å²) >= 11 is 0. The van der Waals surface area contributed by atoms with Gasteiger partial charge in [-0.1, -0.05) is 6.07 Å². The molecule has 1 atom stereocenters. The molecule has 6 heterocycles. The summed E-state index contributed by atoms with van der Waals surface area (Å²) in [5.41, 5.74) is 7.88. The van der Waals surface area contributed by atoms with Crippen molar-refractivity contribution in [2.75, 3.05) is 13.1 Å². The van der Waals surface area contributed by atoms with Gasteiger partial charge in [-0.25, -0.2) is 13.8 Å². The second-order valence-electron chi connectivity index (χ2n) is 13.9. The van der Waals surface area contributed by atoms with E-state index in [2.05, 4.69) is 33.4 Å². The Hall–Kier alpha value is -4.12. The molecular formula is C34H35F2N7O2. The topological polar surface area (TPSA) is 93.9 Å². The molecule has 2 aliphatic carbocycles.